The molecule has 0 aliphatic carbocycles. The van der Waals surface area contributed by atoms with Crippen LogP contribution in [0.1, 0.15) is 12.5 Å². The molecule has 0 aromatic heterocycles. The van der Waals surface area contributed by atoms with Gasteiger partial charge in [-0.2, -0.15) is 0 Å². The largest absolute Gasteiger partial charge is 0.548 e. The van der Waals surface area contributed by atoms with E-state index in [1.165, 1.54) is 31.2 Å². The lowest BCUT2D eigenvalue weighted by Gasteiger charge is -2.15. The third kappa shape index (κ3) is 4.30. The van der Waals surface area contributed by atoms with Crippen LogP contribution in [-0.4, -0.2) is 20.4 Å². The molecule has 2 rings (SSSR count). The molecule has 2 aromatic carbocycles. The third-order valence-corrected chi connectivity index (χ3v) is 4.70. The first-order valence-corrected chi connectivity index (χ1v) is 8.34. The quantitative estimate of drug-likeness (QED) is 0.856. The van der Waals surface area contributed by atoms with Crippen molar-refractivity contribution in [1.82, 2.24) is 4.72 Å². The van der Waals surface area contributed by atoms with Crippen LogP contribution >= 0.6 is 0 Å². The number of carboxylic acid groups (broad SMARTS) is 1. The zero-order chi connectivity index (χ0) is 17.0. The summed E-state index contributed by atoms with van der Waals surface area (Å²) in [5.74, 6) is -0.342. The van der Waals surface area contributed by atoms with Crippen LogP contribution in [0.25, 0.3) is 0 Å². The van der Waals surface area contributed by atoms with Crippen molar-refractivity contribution in [3.63, 3.8) is 0 Å². The van der Waals surface area contributed by atoms with Gasteiger partial charge >= 0.3 is 0 Å². The number of carboxylic acids is 1. The number of benzene rings is 2. The molecule has 0 unspecified atom stereocenters. The van der Waals surface area contributed by atoms with Gasteiger partial charge in [0, 0.05) is 0 Å². The van der Waals surface area contributed by atoms with Gasteiger partial charge in [0.05, 0.1) is 16.9 Å². The minimum atomic E-state index is -3.93. The van der Waals surface area contributed by atoms with Crippen LogP contribution < -0.4 is 14.6 Å². The summed E-state index contributed by atoms with van der Waals surface area (Å²) >= 11 is 0. The van der Waals surface area contributed by atoms with Crippen LogP contribution in [0, 0.1) is 6.92 Å². The highest BCUT2D eigenvalue weighted by atomic mass is 32.2. The Kier molecular flexibility index (Phi) is 5.02. The van der Waals surface area contributed by atoms with E-state index in [9.17, 15) is 18.3 Å². The van der Waals surface area contributed by atoms with E-state index in [1.807, 2.05) is 35.9 Å². The van der Waals surface area contributed by atoms with Gasteiger partial charge in [0.2, 0.25) is 10.0 Å². The van der Waals surface area contributed by atoms with Gasteiger partial charge in [-0.05, 0) is 49.7 Å². The van der Waals surface area contributed by atoms with Crippen molar-refractivity contribution in [3.05, 3.63) is 54.1 Å². The smallest absolute Gasteiger partial charge is 0.241 e. The van der Waals surface area contributed by atoms with E-state index in [2.05, 4.69) is 0 Å². The number of hydrogen-bond acceptors (Lipinski definition) is 5. The summed E-state index contributed by atoms with van der Waals surface area (Å²) in [6.07, 6.45) is 0. The Bertz CT molecular complexity index is 799. The highest BCUT2D eigenvalue weighted by Gasteiger charge is 2.17. The molecule has 7 heteroatoms. The second kappa shape index (κ2) is 6.80. The van der Waals surface area contributed by atoms with Gasteiger partial charge in [-0.3, -0.25) is 0 Å². The third-order valence-electron chi connectivity index (χ3n) is 3.14. The number of aryl methyl sites for hydroxylation is 1. The molecule has 0 aliphatic heterocycles. The number of carbonyl (C=O) groups excluding carboxylic acids is 1. The number of ether oxygens (including phenoxy) is 1. The van der Waals surface area contributed by atoms with Crippen molar-refractivity contribution >= 4 is 16.0 Å². The molecule has 6 nitrogen and oxygen atoms in total. The molecule has 0 saturated heterocycles. The molecule has 0 radical (unpaired) electrons. The van der Waals surface area contributed by atoms with Crippen LogP contribution in [0.3, 0.4) is 0 Å². The summed E-state index contributed by atoms with van der Waals surface area (Å²) in [4.78, 5) is 10.6. The van der Waals surface area contributed by atoms with Crippen LogP contribution in [0.5, 0.6) is 11.5 Å². The normalized spacial score (nSPS) is 12.6. The maximum Gasteiger partial charge on any atom is 0.241 e. The Morgan fingerprint density at radius 2 is 1.74 bits per heavy atom. The van der Waals surface area contributed by atoms with Crippen molar-refractivity contribution in [2.45, 2.75) is 24.8 Å². The molecule has 2 aromatic rings. The lowest BCUT2D eigenvalue weighted by Crippen LogP contribution is -2.45. The van der Waals surface area contributed by atoms with Crippen molar-refractivity contribution in [1.29, 1.82) is 0 Å². The number of hydrogen-bond donors (Lipinski definition) is 1. The molecular formula is C16H16NO5S-. The Labute approximate surface area is 134 Å². The van der Waals surface area contributed by atoms with Gasteiger partial charge in [0.15, 0.2) is 0 Å². The fourth-order valence-corrected chi connectivity index (χ4v) is 3.03. The van der Waals surface area contributed by atoms with E-state index < -0.39 is 22.0 Å². The summed E-state index contributed by atoms with van der Waals surface area (Å²) in [5, 5.41) is 10.6. The Balaban J connectivity index is 2.16. The van der Waals surface area contributed by atoms with Gasteiger partial charge in [-0.1, -0.05) is 18.2 Å². The molecule has 0 fully saturated rings. The number of sulfonamides is 1. The van der Waals surface area contributed by atoms with Gasteiger partial charge < -0.3 is 14.6 Å². The Morgan fingerprint density at radius 1 is 1.13 bits per heavy atom. The van der Waals surface area contributed by atoms with E-state index in [-0.39, 0.29) is 4.90 Å². The molecule has 0 amide bonds. The number of carbonyl (C=O) groups is 1. The maximum absolute atomic E-state index is 12.0. The van der Waals surface area contributed by atoms with Crippen molar-refractivity contribution in [2.24, 2.45) is 0 Å². The predicted molar refractivity (Wildman–Crippen MR) is 82.5 cm³/mol. The second-order valence-corrected chi connectivity index (χ2v) is 6.71. The minimum absolute atomic E-state index is 0.0530. The maximum atomic E-state index is 12.0. The van der Waals surface area contributed by atoms with Gasteiger partial charge in [0.25, 0.3) is 0 Å². The summed E-state index contributed by atoms with van der Waals surface area (Å²) in [6, 6.07) is 11.8. The molecule has 1 N–H and O–H groups in total. The van der Waals surface area contributed by atoms with Crippen molar-refractivity contribution < 1.29 is 23.1 Å². The van der Waals surface area contributed by atoms with Gasteiger partial charge in [-0.25, -0.2) is 13.1 Å². The second-order valence-electron chi connectivity index (χ2n) is 5.00. The summed E-state index contributed by atoms with van der Waals surface area (Å²) in [5.41, 5.74) is 0.952. The minimum Gasteiger partial charge on any atom is -0.548 e. The highest BCUT2D eigenvalue weighted by molar-refractivity contribution is 7.89. The van der Waals surface area contributed by atoms with Crippen molar-refractivity contribution in [2.75, 3.05) is 0 Å². The van der Waals surface area contributed by atoms with E-state index in [1.54, 1.807) is 0 Å². The predicted octanol–water partition coefficient (Wildman–Crippen LogP) is 1.20. The number of para-hydroxylation sites is 1. The Hall–Kier alpha value is -2.38. The van der Waals surface area contributed by atoms with Gasteiger partial charge in [0.1, 0.15) is 11.5 Å². The first-order chi connectivity index (χ1) is 10.8. The monoisotopic (exact) mass is 334 g/mol. The zero-order valence-corrected chi connectivity index (χ0v) is 13.5. The number of aliphatic carboxylic acids is 1. The fourth-order valence-electron chi connectivity index (χ4n) is 1.83. The molecule has 0 aliphatic rings. The highest BCUT2D eigenvalue weighted by Crippen LogP contribution is 2.25. The van der Waals surface area contributed by atoms with E-state index in [0.29, 0.717) is 11.5 Å². The van der Waals surface area contributed by atoms with Crippen LogP contribution in [0.15, 0.2) is 53.4 Å². The standard InChI is InChI=1S/C16H17NO5S/c1-11-5-3-4-6-15(11)22-13-7-9-14(10-8-13)23(20,21)17-12(2)16(18)19/h3-10,12,17H,1-2H3,(H,18,19)/p-1/t12-/m0/s1. The van der Waals surface area contributed by atoms with E-state index in [0.717, 1.165) is 5.56 Å². The van der Waals surface area contributed by atoms with Crippen LogP contribution in [0.2, 0.25) is 0 Å². The first kappa shape index (κ1) is 17.0. The lowest BCUT2D eigenvalue weighted by molar-refractivity contribution is -0.307. The molecule has 0 saturated carbocycles. The van der Waals surface area contributed by atoms with Crippen molar-refractivity contribution in [3.8, 4) is 11.5 Å². The van der Waals surface area contributed by atoms with Crippen LogP contribution in [-0.2, 0) is 14.8 Å². The van der Waals surface area contributed by atoms with Gasteiger partial charge in [-0.15, -0.1) is 0 Å². The lowest BCUT2D eigenvalue weighted by atomic mass is 10.2. The average Bonchev–Trinajstić information content (AvgIpc) is 2.49. The average molecular weight is 334 g/mol. The SMILES string of the molecule is Cc1ccccc1Oc1ccc(S(=O)(=O)N[C@@H](C)C(=O)[O-])cc1. The first-order valence-electron chi connectivity index (χ1n) is 6.86. The number of rotatable bonds is 6. The number of nitrogens with one attached hydrogen (secondary N) is 1. The topological polar surface area (TPSA) is 95.5 Å². The zero-order valence-electron chi connectivity index (χ0n) is 12.6. The molecule has 122 valence electrons. The molecule has 0 heterocycles. The summed E-state index contributed by atoms with van der Waals surface area (Å²) < 4.78 is 31.8. The molecule has 0 bridgehead atoms. The van der Waals surface area contributed by atoms with E-state index >= 15 is 0 Å². The fraction of sp³-hybridized carbons (Fsp3) is 0.188. The molecule has 23 heavy (non-hydrogen) atoms. The molecular weight excluding hydrogens is 318 g/mol. The van der Waals surface area contributed by atoms with Crippen LogP contribution in [0.4, 0.5) is 0 Å². The summed E-state index contributed by atoms with van der Waals surface area (Å²) in [7, 11) is -3.93. The van der Waals surface area contributed by atoms with E-state index in [4.69, 9.17) is 4.74 Å². The molecule has 1 atom stereocenters. The summed E-state index contributed by atoms with van der Waals surface area (Å²) in [6.45, 7) is 3.10. The molecule has 0 spiro atoms. The Morgan fingerprint density at radius 3 is 2.30 bits per heavy atom.